The second-order valence-electron chi connectivity index (χ2n) is 29.1. The van der Waals surface area contributed by atoms with Crippen LogP contribution in [0.5, 0.6) is 11.5 Å². The van der Waals surface area contributed by atoms with Crippen molar-refractivity contribution in [1.82, 2.24) is 5.32 Å². The van der Waals surface area contributed by atoms with Crippen LogP contribution in [0.15, 0.2) is 339 Å². The minimum Gasteiger partial charge on any atom is -0.507 e. The molecule has 670 valence electrons. The summed E-state index contributed by atoms with van der Waals surface area (Å²) in [4.78, 5) is 151. The molecule has 0 bridgehead atoms. The van der Waals surface area contributed by atoms with Crippen molar-refractivity contribution in [2.75, 3.05) is 33.7 Å². The quantitative estimate of drug-likeness (QED) is 0.0260. The summed E-state index contributed by atoms with van der Waals surface area (Å²) in [5.41, 5.74) is 10.1. The van der Waals surface area contributed by atoms with Gasteiger partial charge in [0, 0.05) is 80.5 Å². The number of carboxylic acids is 7. The van der Waals surface area contributed by atoms with Crippen LogP contribution in [-0.2, 0) is 4.79 Å². The number of aromatic carboxylic acids is 7. The van der Waals surface area contributed by atoms with Crippen molar-refractivity contribution in [2.24, 2.45) is 10.9 Å². The third-order valence-electron chi connectivity index (χ3n) is 19.8. The molecule has 2 fully saturated rings. The topological polar surface area (TPSA) is 478 Å². The average molecular weight is 1830 g/mol. The minimum atomic E-state index is -1.24. The van der Waals surface area contributed by atoms with Gasteiger partial charge >= 0.3 is 174 Å². The summed E-state index contributed by atoms with van der Waals surface area (Å²) in [5, 5.41) is 87.5. The van der Waals surface area contributed by atoms with Crippen molar-refractivity contribution in [3.05, 3.63) is 406 Å². The Morgan fingerprint density at radius 2 is 0.568 bits per heavy atom. The van der Waals surface area contributed by atoms with Gasteiger partial charge in [0.05, 0.1) is 46.2 Å². The molecule has 0 aromatic heterocycles. The van der Waals surface area contributed by atoms with Crippen LogP contribution in [0.25, 0.3) is 11.1 Å². The summed E-state index contributed by atoms with van der Waals surface area (Å²) in [6, 6.07) is 92.0. The molecular formula is C103H91Li7N7O22+7. The molecule has 14 N–H and O–H groups in total. The van der Waals surface area contributed by atoms with Crippen molar-refractivity contribution >= 4 is 118 Å². The van der Waals surface area contributed by atoms with Crippen LogP contribution in [0, 0.1) is 5.92 Å². The molecule has 2 aliphatic rings. The number of para-hydroxylation sites is 1. The van der Waals surface area contributed by atoms with Gasteiger partial charge in [0.1, 0.15) is 17.1 Å². The Labute approximate surface area is 885 Å². The number of hydrogen-bond donors (Lipinski definition) is 14. The second kappa shape index (κ2) is 63.8. The van der Waals surface area contributed by atoms with Gasteiger partial charge in [-0.1, -0.05) is 135 Å². The number of nitrogens with zero attached hydrogens (tertiary/aromatic N) is 1. The summed E-state index contributed by atoms with van der Waals surface area (Å²) in [6.45, 7) is 0. The van der Waals surface area contributed by atoms with E-state index >= 15 is 0 Å². The molecule has 139 heavy (non-hydrogen) atoms. The maximum absolute atomic E-state index is 12.3. The van der Waals surface area contributed by atoms with Crippen molar-refractivity contribution in [3.63, 3.8) is 0 Å². The van der Waals surface area contributed by atoms with E-state index in [1.807, 2.05) is 97.1 Å². The first kappa shape index (κ1) is 121. The molecule has 6 amide bonds. The van der Waals surface area contributed by atoms with Crippen LogP contribution in [-0.4, -0.2) is 137 Å². The first-order valence-corrected chi connectivity index (χ1v) is 41.0. The van der Waals surface area contributed by atoms with Crippen LogP contribution in [0.3, 0.4) is 0 Å². The van der Waals surface area contributed by atoms with Crippen LogP contribution in [0.4, 0.5) is 34.1 Å². The number of carbonyl (C=O) groups is 13. The SMILES string of the molecule is COc1ccc(C(=O)Nc2ccc(C(=O)O)c(O)c2)cc1.O=C(O)c1ccc(C(=O)NC2CCCC2)cc1.O=C(O)c1ccc(C(=O)Nc2ccccc2)cc1.O=C(O)c1ccc(N=Cc2ccccc2)cc1.O=C(O)c1ccc(NC(=O)C2CCCC2)cc1.O=C(O)c1ccc(NC(=O)c2ccc(-c3ccccc3)cc2)cc1.O=C(O)c1ccc(NC(=O)c2ccccc2)cc1.[Li+].[Li+].[Li+].[Li+].[Li+].[Li+].[Li+]. The van der Waals surface area contributed by atoms with Crippen LogP contribution in [0.2, 0.25) is 0 Å². The fraction of sp³-hybridized carbons (Fsp3) is 0.107. The monoisotopic (exact) mass is 1830 g/mol. The summed E-state index contributed by atoms with van der Waals surface area (Å²) in [5.74, 6) is -7.92. The number of amides is 6. The molecule has 0 heterocycles. The van der Waals surface area contributed by atoms with Gasteiger partial charge in [-0.3, -0.25) is 33.8 Å². The number of benzene rings is 13. The van der Waals surface area contributed by atoms with E-state index in [0.717, 1.165) is 60.9 Å². The molecule has 36 heteroatoms. The first-order valence-electron chi connectivity index (χ1n) is 41.0. The van der Waals surface area contributed by atoms with E-state index in [4.69, 9.17) is 40.5 Å². The molecule has 13 aromatic rings. The average Bonchev–Trinajstić information content (AvgIpc) is 1.68. The fourth-order valence-corrected chi connectivity index (χ4v) is 12.7. The normalized spacial score (nSPS) is 10.9. The van der Waals surface area contributed by atoms with Gasteiger partial charge in [-0.2, -0.15) is 0 Å². The van der Waals surface area contributed by atoms with Crippen LogP contribution < -0.4 is 169 Å². The molecule has 2 saturated carbocycles. The van der Waals surface area contributed by atoms with Gasteiger partial charge in [-0.15, -0.1) is 0 Å². The fourth-order valence-electron chi connectivity index (χ4n) is 12.7. The van der Waals surface area contributed by atoms with Crippen LogP contribution in [0.1, 0.15) is 181 Å². The summed E-state index contributed by atoms with van der Waals surface area (Å²) in [7, 11) is 1.53. The zero-order chi connectivity index (χ0) is 94.9. The number of anilines is 5. The van der Waals surface area contributed by atoms with Gasteiger partial charge in [-0.05, 0) is 261 Å². The van der Waals surface area contributed by atoms with E-state index in [1.54, 1.807) is 152 Å². The predicted molar refractivity (Wildman–Crippen MR) is 499 cm³/mol. The molecule has 0 atom stereocenters. The Bertz CT molecular complexity index is 6160. The summed E-state index contributed by atoms with van der Waals surface area (Å²) in [6.07, 6.45) is 10.3. The molecule has 2 aliphatic carbocycles. The van der Waals surface area contributed by atoms with E-state index < -0.39 is 47.5 Å². The molecule has 0 unspecified atom stereocenters. The standard InChI is InChI=1S/C20H15NO3.C15H13NO5.2C14H11NO3.C14H11NO2.2C13H15NO3.7Li/c22-19(21-18-12-10-17(11-13-18)20(23)24)16-8-6-15(7-9-16)14-4-2-1-3-5-14;1-21-11-5-2-9(3-6-11)14(18)16-10-4-7-12(15(19)20)13(17)8-10;16-13(15-12-4-2-1-3-5-12)10-6-8-11(9-7-10)14(17)18;16-13(10-4-2-1-3-5-10)15-12-8-6-11(7-9-12)14(17)18;16-14(17)12-6-8-13(9-7-12)15-10-11-4-2-1-3-5-11;15-12(14-11-3-1-2-4-11)9-5-7-10(8-6-9)13(16)17;15-12(9-3-1-2-4-9)14-11-7-5-10(6-8-11)13(16)17;;;;;;;/h1-13H,(H,21,22)(H,23,24);2-8,17H,1H3,(H,16,18)(H,19,20);2*1-9H,(H,15,16)(H,17,18);1-10H,(H,16,17);5-8,11H,1-4H2,(H,14,15)(H,16,17);5-9H,1-4H2,(H,14,15)(H,16,17);;;;;;;/q;;;;;;;7*+1. The molecule has 0 aliphatic heterocycles. The van der Waals surface area contributed by atoms with Crippen LogP contribution >= 0.6 is 0 Å². The van der Waals surface area contributed by atoms with E-state index in [0.29, 0.717) is 62.0 Å². The van der Waals surface area contributed by atoms with Crippen molar-refractivity contribution in [1.29, 1.82) is 0 Å². The molecule has 13 aromatic carbocycles. The van der Waals surface area contributed by atoms with Gasteiger partial charge in [0.15, 0.2) is 0 Å². The number of hydrogen-bond acceptors (Lipinski definition) is 16. The van der Waals surface area contributed by atoms with Gasteiger partial charge in [0.25, 0.3) is 29.5 Å². The summed E-state index contributed by atoms with van der Waals surface area (Å²) < 4.78 is 5.00. The van der Waals surface area contributed by atoms with Crippen molar-refractivity contribution < 1.29 is 240 Å². The molecular weight excluding hydrogens is 1740 g/mol. The second-order valence-corrected chi connectivity index (χ2v) is 29.1. The zero-order valence-electron chi connectivity index (χ0n) is 77.9. The number of ether oxygens (including phenoxy) is 1. The van der Waals surface area contributed by atoms with E-state index in [9.17, 15) is 67.4 Å². The molecule has 15 rings (SSSR count). The maximum atomic E-state index is 12.3. The summed E-state index contributed by atoms with van der Waals surface area (Å²) >= 11 is 0. The number of carbonyl (C=O) groups excluding carboxylic acids is 6. The third kappa shape index (κ3) is 41.3. The first-order chi connectivity index (χ1) is 63.6. The van der Waals surface area contributed by atoms with Gasteiger partial charge in [-0.25, -0.2) is 33.6 Å². The Morgan fingerprint density at radius 3 is 0.935 bits per heavy atom. The molecule has 0 spiro atoms. The number of methoxy groups -OCH3 is 1. The molecule has 29 nitrogen and oxygen atoms in total. The largest absolute Gasteiger partial charge is 1.00 e. The Morgan fingerprint density at radius 1 is 0.288 bits per heavy atom. The zero-order valence-corrected chi connectivity index (χ0v) is 77.9. The van der Waals surface area contributed by atoms with Gasteiger partial charge < -0.3 is 77.5 Å². The number of rotatable bonds is 23. The van der Waals surface area contributed by atoms with Crippen molar-refractivity contribution in [3.8, 4) is 22.6 Å². The number of phenols is 1. The van der Waals surface area contributed by atoms with Gasteiger partial charge in [0.2, 0.25) is 5.91 Å². The van der Waals surface area contributed by atoms with E-state index in [1.165, 1.54) is 111 Å². The Hall–Kier alpha value is -13.6. The van der Waals surface area contributed by atoms with E-state index in [2.05, 4.69) is 36.9 Å². The third-order valence-corrected chi connectivity index (χ3v) is 19.8. The Kier molecular flexibility index (Phi) is 55.7. The number of nitrogens with one attached hydrogen (secondary N) is 6. The number of carboxylic acid groups (broad SMARTS) is 7. The minimum absolute atomic E-state index is 0. The number of aliphatic imine (C=N–C) groups is 1. The molecule has 0 radical (unpaired) electrons. The smallest absolute Gasteiger partial charge is 0.507 e. The van der Waals surface area contributed by atoms with E-state index in [-0.39, 0.29) is 218 Å². The Balaban J connectivity index is 0.000000546. The predicted octanol–water partition coefficient (Wildman–Crippen LogP) is -1.34. The maximum Gasteiger partial charge on any atom is 1.00 e. The number of aromatic hydroxyl groups is 1. The molecule has 0 saturated heterocycles. The van der Waals surface area contributed by atoms with Crippen molar-refractivity contribution in [2.45, 2.75) is 57.4 Å².